The number of nitrogens with zero attached hydrogens (tertiary/aromatic N) is 1. The van der Waals surface area contributed by atoms with Gasteiger partial charge in [-0.1, -0.05) is 25.1 Å². The summed E-state index contributed by atoms with van der Waals surface area (Å²) in [6.45, 7) is 4.73. The van der Waals surface area contributed by atoms with Crippen molar-refractivity contribution in [1.29, 1.82) is 0 Å². The second-order valence-corrected chi connectivity index (χ2v) is 5.38. The smallest absolute Gasteiger partial charge is 0.227 e. The molecule has 0 saturated carbocycles. The van der Waals surface area contributed by atoms with E-state index in [1.807, 2.05) is 4.90 Å². The van der Waals surface area contributed by atoms with Crippen LogP contribution < -0.4 is 5.32 Å². The second-order valence-electron chi connectivity index (χ2n) is 5.38. The molecule has 0 radical (unpaired) electrons. The van der Waals surface area contributed by atoms with Crippen LogP contribution in [0.5, 0.6) is 0 Å². The second kappa shape index (κ2) is 7.39. The Morgan fingerprint density at radius 1 is 1.35 bits per heavy atom. The van der Waals surface area contributed by atoms with Gasteiger partial charge in [-0.05, 0) is 37.4 Å². The SMILES string of the molecule is CCCNC1CCN(C(=O)Cc2ccccc2F)CC1. The van der Waals surface area contributed by atoms with Crippen LogP contribution in [0.2, 0.25) is 0 Å². The largest absolute Gasteiger partial charge is 0.342 e. The number of piperidine rings is 1. The molecule has 3 nitrogen and oxygen atoms in total. The van der Waals surface area contributed by atoms with Crippen molar-refractivity contribution < 1.29 is 9.18 Å². The van der Waals surface area contributed by atoms with Crippen LogP contribution in [0.15, 0.2) is 24.3 Å². The van der Waals surface area contributed by atoms with Crippen LogP contribution >= 0.6 is 0 Å². The van der Waals surface area contributed by atoms with E-state index in [0.717, 1.165) is 38.9 Å². The number of carbonyl (C=O) groups is 1. The minimum atomic E-state index is -0.291. The number of rotatable bonds is 5. The summed E-state index contributed by atoms with van der Waals surface area (Å²) in [6.07, 6.45) is 3.28. The number of nitrogens with one attached hydrogen (secondary N) is 1. The highest BCUT2D eigenvalue weighted by atomic mass is 19.1. The highest BCUT2D eigenvalue weighted by Gasteiger charge is 2.22. The van der Waals surface area contributed by atoms with Crippen LogP contribution in [0.3, 0.4) is 0 Å². The first-order valence-corrected chi connectivity index (χ1v) is 7.45. The fourth-order valence-electron chi connectivity index (χ4n) is 2.60. The summed E-state index contributed by atoms with van der Waals surface area (Å²) in [5.41, 5.74) is 0.490. The number of carbonyl (C=O) groups excluding carboxylic acids is 1. The summed E-state index contributed by atoms with van der Waals surface area (Å²) < 4.78 is 13.5. The number of amides is 1. The lowest BCUT2D eigenvalue weighted by atomic mass is 10.0. The van der Waals surface area contributed by atoms with E-state index in [1.165, 1.54) is 6.07 Å². The predicted octanol–water partition coefficient (Wildman–Crippen LogP) is 2.36. The molecule has 1 heterocycles. The van der Waals surface area contributed by atoms with E-state index in [0.29, 0.717) is 11.6 Å². The zero-order chi connectivity index (χ0) is 14.4. The first kappa shape index (κ1) is 15.0. The minimum absolute atomic E-state index is 0.0315. The lowest BCUT2D eigenvalue weighted by molar-refractivity contribution is -0.131. The molecule has 1 amide bonds. The molecule has 0 bridgehead atoms. The normalized spacial score (nSPS) is 16.4. The Hall–Kier alpha value is -1.42. The zero-order valence-corrected chi connectivity index (χ0v) is 12.1. The molecule has 0 spiro atoms. The van der Waals surface area contributed by atoms with Gasteiger partial charge in [-0.15, -0.1) is 0 Å². The fraction of sp³-hybridized carbons (Fsp3) is 0.562. The Bertz CT molecular complexity index is 442. The van der Waals surface area contributed by atoms with Crippen molar-refractivity contribution in [3.8, 4) is 0 Å². The topological polar surface area (TPSA) is 32.3 Å². The first-order valence-electron chi connectivity index (χ1n) is 7.45. The van der Waals surface area contributed by atoms with E-state index < -0.39 is 0 Å². The van der Waals surface area contributed by atoms with Gasteiger partial charge in [0.05, 0.1) is 6.42 Å². The highest BCUT2D eigenvalue weighted by molar-refractivity contribution is 5.78. The van der Waals surface area contributed by atoms with Gasteiger partial charge in [0.25, 0.3) is 0 Å². The van der Waals surface area contributed by atoms with Gasteiger partial charge < -0.3 is 10.2 Å². The Balaban J connectivity index is 1.82. The van der Waals surface area contributed by atoms with E-state index in [4.69, 9.17) is 0 Å². The molecule has 0 aromatic heterocycles. The summed E-state index contributed by atoms with van der Waals surface area (Å²) >= 11 is 0. The van der Waals surface area contributed by atoms with Crippen molar-refractivity contribution in [1.82, 2.24) is 10.2 Å². The van der Waals surface area contributed by atoms with Gasteiger partial charge in [0.1, 0.15) is 5.82 Å². The molecule has 20 heavy (non-hydrogen) atoms. The van der Waals surface area contributed by atoms with Crippen LogP contribution in [0.4, 0.5) is 4.39 Å². The van der Waals surface area contributed by atoms with Crippen molar-refractivity contribution in [2.75, 3.05) is 19.6 Å². The van der Waals surface area contributed by atoms with Crippen LogP contribution in [0.1, 0.15) is 31.7 Å². The van der Waals surface area contributed by atoms with E-state index in [9.17, 15) is 9.18 Å². The predicted molar refractivity (Wildman–Crippen MR) is 78.0 cm³/mol. The molecule has 0 unspecified atom stereocenters. The van der Waals surface area contributed by atoms with E-state index in [1.54, 1.807) is 18.2 Å². The van der Waals surface area contributed by atoms with Crippen LogP contribution in [-0.4, -0.2) is 36.5 Å². The summed E-state index contributed by atoms with van der Waals surface area (Å²) in [7, 11) is 0. The zero-order valence-electron chi connectivity index (χ0n) is 12.1. The molecule has 1 saturated heterocycles. The van der Waals surface area contributed by atoms with Gasteiger partial charge in [-0.25, -0.2) is 4.39 Å². The lowest BCUT2D eigenvalue weighted by Gasteiger charge is -2.32. The molecule has 2 rings (SSSR count). The Morgan fingerprint density at radius 2 is 2.05 bits per heavy atom. The fourth-order valence-corrected chi connectivity index (χ4v) is 2.60. The maximum absolute atomic E-state index is 13.5. The van der Waals surface area contributed by atoms with Gasteiger partial charge in [0.15, 0.2) is 0 Å². The third kappa shape index (κ3) is 4.04. The standard InChI is InChI=1S/C16H23FN2O/c1-2-9-18-14-7-10-19(11-8-14)16(20)12-13-5-3-4-6-15(13)17/h3-6,14,18H,2,7-12H2,1H3. The van der Waals surface area contributed by atoms with E-state index in [2.05, 4.69) is 12.2 Å². The van der Waals surface area contributed by atoms with Crippen LogP contribution in [0, 0.1) is 5.82 Å². The third-order valence-electron chi connectivity index (χ3n) is 3.83. The van der Waals surface area contributed by atoms with Crippen molar-refractivity contribution in [3.05, 3.63) is 35.6 Å². The molecule has 1 aliphatic rings. The molecule has 110 valence electrons. The molecule has 1 aromatic rings. The average Bonchev–Trinajstić information content (AvgIpc) is 2.48. The van der Waals surface area contributed by atoms with Gasteiger partial charge in [-0.2, -0.15) is 0 Å². The van der Waals surface area contributed by atoms with E-state index in [-0.39, 0.29) is 18.1 Å². The average molecular weight is 278 g/mol. The number of benzene rings is 1. The number of hydrogen-bond donors (Lipinski definition) is 1. The van der Waals surface area contributed by atoms with Crippen molar-refractivity contribution in [3.63, 3.8) is 0 Å². The molecule has 4 heteroatoms. The minimum Gasteiger partial charge on any atom is -0.342 e. The number of likely N-dealkylation sites (tertiary alicyclic amines) is 1. The molecule has 0 aliphatic carbocycles. The molecular weight excluding hydrogens is 255 g/mol. The van der Waals surface area contributed by atoms with Crippen LogP contribution in [0.25, 0.3) is 0 Å². The Kier molecular flexibility index (Phi) is 5.53. The summed E-state index contributed by atoms with van der Waals surface area (Å²) in [4.78, 5) is 14.0. The van der Waals surface area contributed by atoms with E-state index >= 15 is 0 Å². The van der Waals surface area contributed by atoms with Crippen molar-refractivity contribution in [2.45, 2.75) is 38.6 Å². The summed E-state index contributed by atoms with van der Waals surface area (Å²) in [5, 5.41) is 3.49. The number of halogens is 1. The maximum atomic E-state index is 13.5. The summed E-state index contributed by atoms with van der Waals surface area (Å²) in [5.74, 6) is -0.260. The Morgan fingerprint density at radius 3 is 2.70 bits per heavy atom. The highest BCUT2D eigenvalue weighted by Crippen LogP contribution is 2.14. The van der Waals surface area contributed by atoms with Gasteiger partial charge in [0.2, 0.25) is 5.91 Å². The lowest BCUT2D eigenvalue weighted by Crippen LogP contribution is -2.45. The quantitative estimate of drug-likeness (QED) is 0.896. The molecule has 1 N–H and O–H groups in total. The molecule has 0 atom stereocenters. The van der Waals surface area contributed by atoms with Crippen LogP contribution in [-0.2, 0) is 11.2 Å². The maximum Gasteiger partial charge on any atom is 0.227 e. The van der Waals surface area contributed by atoms with Gasteiger partial charge in [0, 0.05) is 19.1 Å². The van der Waals surface area contributed by atoms with Crippen molar-refractivity contribution >= 4 is 5.91 Å². The molecule has 1 aromatic carbocycles. The molecular formula is C16H23FN2O. The van der Waals surface area contributed by atoms with Gasteiger partial charge >= 0.3 is 0 Å². The monoisotopic (exact) mass is 278 g/mol. The molecule has 1 aliphatic heterocycles. The van der Waals surface area contributed by atoms with Crippen molar-refractivity contribution in [2.24, 2.45) is 0 Å². The first-order chi connectivity index (χ1) is 9.70. The van der Waals surface area contributed by atoms with Gasteiger partial charge in [-0.3, -0.25) is 4.79 Å². The summed E-state index contributed by atoms with van der Waals surface area (Å²) in [6, 6.07) is 7.03. The third-order valence-corrected chi connectivity index (χ3v) is 3.83. The number of hydrogen-bond acceptors (Lipinski definition) is 2. The Labute approximate surface area is 120 Å². The molecule has 1 fully saturated rings.